The Morgan fingerprint density at radius 1 is 1.11 bits per heavy atom. The van der Waals surface area contributed by atoms with E-state index in [-0.39, 0.29) is 11.0 Å². The van der Waals surface area contributed by atoms with Crippen molar-refractivity contribution in [1.82, 2.24) is 5.32 Å². The molecule has 27 heavy (non-hydrogen) atoms. The molecule has 1 heterocycles. The van der Waals surface area contributed by atoms with Crippen LogP contribution in [0.2, 0.25) is 0 Å². The van der Waals surface area contributed by atoms with Gasteiger partial charge in [0.1, 0.15) is 5.75 Å². The summed E-state index contributed by atoms with van der Waals surface area (Å²) in [6.07, 6.45) is 4.22. The van der Waals surface area contributed by atoms with E-state index < -0.39 is 0 Å². The maximum absolute atomic E-state index is 9.96. The lowest BCUT2D eigenvalue weighted by Gasteiger charge is -2.47. The summed E-state index contributed by atoms with van der Waals surface area (Å²) in [4.78, 5) is 0. The normalized spacial score (nSPS) is 25.4. The predicted octanol–water partition coefficient (Wildman–Crippen LogP) is 5.10. The Morgan fingerprint density at radius 3 is 2.56 bits per heavy atom. The highest BCUT2D eigenvalue weighted by molar-refractivity contribution is 5.32. The largest absolute Gasteiger partial charge is 0.508 e. The predicted molar refractivity (Wildman–Crippen MR) is 111 cm³/mol. The van der Waals surface area contributed by atoms with Crippen LogP contribution in [0.5, 0.6) is 5.75 Å². The molecule has 2 atom stereocenters. The minimum Gasteiger partial charge on any atom is -0.508 e. The summed E-state index contributed by atoms with van der Waals surface area (Å²) in [6, 6.07) is 16.6. The van der Waals surface area contributed by atoms with Crippen LogP contribution < -0.4 is 5.32 Å². The second kappa shape index (κ2) is 8.45. The molecule has 1 fully saturated rings. The number of phenolic OH excluding ortho intramolecular Hbond substituents is 1. The minimum atomic E-state index is -0.0547. The molecule has 0 spiro atoms. The lowest BCUT2D eigenvalue weighted by molar-refractivity contribution is -0.0979. The van der Waals surface area contributed by atoms with Crippen LogP contribution in [0.3, 0.4) is 0 Å². The number of ether oxygens (including phenoxy) is 1. The fourth-order valence-corrected chi connectivity index (χ4v) is 4.30. The van der Waals surface area contributed by atoms with Gasteiger partial charge >= 0.3 is 0 Å². The zero-order valence-corrected chi connectivity index (χ0v) is 16.9. The number of hydrogen-bond donors (Lipinski definition) is 2. The van der Waals surface area contributed by atoms with Gasteiger partial charge in [-0.1, -0.05) is 55.0 Å². The molecule has 3 heteroatoms. The fraction of sp³-hybridized carbons (Fsp3) is 0.500. The smallest absolute Gasteiger partial charge is 0.120 e. The number of hydrogen-bond acceptors (Lipinski definition) is 3. The first kappa shape index (κ1) is 19.9. The Morgan fingerprint density at radius 2 is 1.85 bits per heavy atom. The number of aromatic hydroxyl groups is 1. The molecule has 0 aromatic heterocycles. The molecule has 1 saturated heterocycles. The van der Waals surface area contributed by atoms with Gasteiger partial charge in [-0.25, -0.2) is 0 Å². The molecule has 0 amide bonds. The van der Waals surface area contributed by atoms with Crippen molar-refractivity contribution in [3.05, 3.63) is 65.2 Å². The third kappa shape index (κ3) is 4.72. The van der Waals surface area contributed by atoms with Crippen LogP contribution in [0.4, 0.5) is 0 Å². The first-order chi connectivity index (χ1) is 13.0. The summed E-state index contributed by atoms with van der Waals surface area (Å²) in [5.74, 6) is 0.364. The van der Waals surface area contributed by atoms with Crippen LogP contribution in [0, 0.1) is 6.92 Å². The molecular formula is C24H33NO2. The van der Waals surface area contributed by atoms with Gasteiger partial charge in [0, 0.05) is 24.1 Å². The molecule has 146 valence electrons. The van der Waals surface area contributed by atoms with E-state index in [9.17, 15) is 5.11 Å². The van der Waals surface area contributed by atoms with Gasteiger partial charge in [0.15, 0.2) is 0 Å². The van der Waals surface area contributed by atoms with E-state index in [4.69, 9.17) is 4.74 Å². The Kier molecular flexibility index (Phi) is 6.23. The first-order valence-corrected chi connectivity index (χ1v) is 10.2. The van der Waals surface area contributed by atoms with E-state index >= 15 is 0 Å². The topological polar surface area (TPSA) is 41.5 Å². The molecule has 1 aliphatic heterocycles. The second-order valence-electron chi connectivity index (χ2n) is 8.28. The van der Waals surface area contributed by atoms with Gasteiger partial charge in [-0.2, -0.15) is 0 Å². The third-order valence-electron chi connectivity index (χ3n) is 6.24. The molecule has 2 aromatic rings. The molecule has 0 unspecified atom stereocenters. The SMILES string of the molecule is CC[C@@]1(C)C[C@@](CCNCc2ccccc2O)(c2ccc(C)cc2)CCO1. The lowest BCUT2D eigenvalue weighted by Crippen LogP contribution is -2.46. The zero-order chi connectivity index (χ0) is 19.3. The summed E-state index contributed by atoms with van der Waals surface area (Å²) in [5, 5.41) is 13.5. The lowest BCUT2D eigenvalue weighted by atomic mass is 9.66. The second-order valence-corrected chi connectivity index (χ2v) is 8.28. The molecular weight excluding hydrogens is 334 g/mol. The quantitative estimate of drug-likeness (QED) is 0.669. The van der Waals surface area contributed by atoms with Crippen LogP contribution in [0.15, 0.2) is 48.5 Å². The summed E-state index contributed by atoms with van der Waals surface area (Å²) in [7, 11) is 0. The monoisotopic (exact) mass is 367 g/mol. The van der Waals surface area contributed by atoms with Crippen molar-refractivity contribution in [2.24, 2.45) is 0 Å². The number of para-hydroxylation sites is 1. The highest BCUT2D eigenvalue weighted by Gasteiger charge is 2.43. The molecule has 0 saturated carbocycles. The van der Waals surface area contributed by atoms with E-state index in [1.807, 2.05) is 18.2 Å². The Bertz CT molecular complexity index is 742. The fourth-order valence-electron chi connectivity index (χ4n) is 4.30. The van der Waals surface area contributed by atoms with Gasteiger partial charge in [-0.05, 0) is 57.7 Å². The summed E-state index contributed by atoms with van der Waals surface area (Å²) in [5.41, 5.74) is 3.77. The van der Waals surface area contributed by atoms with Crippen molar-refractivity contribution in [2.45, 2.75) is 64.0 Å². The third-order valence-corrected chi connectivity index (χ3v) is 6.24. The van der Waals surface area contributed by atoms with E-state index in [2.05, 4.69) is 50.4 Å². The standard InChI is InChI=1S/C24H33NO2/c1-4-23(3)18-24(14-16-27-23,21-11-9-19(2)10-12-21)13-15-25-17-20-7-5-6-8-22(20)26/h5-12,25-26H,4,13-18H2,1-3H3/t23-,24-/m0/s1. The molecule has 0 radical (unpaired) electrons. The first-order valence-electron chi connectivity index (χ1n) is 10.2. The number of aryl methyl sites for hydroxylation is 1. The maximum Gasteiger partial charge on any atom is 0.120 e. The van der Waals surface area contributed by atoms with Gasteiger partial charge < -0.3 is 15.2 Å². The van der Waals surface area contributed by atoms with E-state index in [0.29, 0.717) is 12.3 Å². The van der Waals surface area contributed by atoms with E-state index in [1.54, 1.807) is 6.07 Å². The summed E-state index contributed by atoms with van der Waals surface area (Å²) < 4.78 is 6.15. The number of phenols is 1. The van der Waals surface area contributed by atoms with Crippen molar-refractivity contribution in [3.8, 4) is 5.75 Å². The van der Waals surface area contributed by atoms with Gasteiger partial charge in [-0.3, -0.25) is 0 Å². The zero-order valence-electron chi connectivity index (χ0n) is 16.9. The highest BCUT2D eigenvalue weighted by atomic mass is 16.5. The summed E-state index contributed by atoms with van der Waals surface area (Å²) in [6.45, 7) is 9.05. The number of benzene rings is 2. The number of nitrogens with one attached hydrogen (secondary N) is 1. The van der Waals surface area contributed by atoms with Crippen LogP contribution in [-0.4, -0.2) is 23.9 Å². The van der Waals surface area contributed by atoms with Crippen molar-refractivity contribution >= 4 is 0 Å². The average molecular weight is 368 g/mol. The van der Waals surface area contributed by atoms with Crippen LogP contribution in [0.25, 0.3) is 0 Å². The van der Waals surface area contributed by atoms with E-state index in [1.165, 1.54) is 11.1 Å². The van der Waals surface area contributed by atoms with Crippen LogP contribution >= 0.6 is 0 Å². The molecule has 0 bridgehead atoms. The van der Waals surface area contributed by atoms with Crippen molar-refractivity contribution < 1.29 is 9.84 Å². The van der Waals surface area contributed by atoms with Crippen LogP contribution in [-0.2, 0) is 16.7 Å². The summed E-state index contributed by atoms with van der Waals surface area (Å²) >= 11 is 0. The molecule has 2 aromatic carbocycles. The van der Waals surface area contributed by atoms with Crippen molar-refractivity contribution in [3.63, 3.8) is 0 Å². The average Bonchev–Trinajstić information content (AvgIpc) is 2.67. The Labute approximate surface area is 163 Å². The van der Waals surface area contributed by atoms with Gasteiger partial charge in [0.05, 0.1) is 5.60 Å². The van der Waals surface area contributed by atoms with Gasteiger partial charge in [0.2, 0.25) is 0 Å². The minimum absolute atomic E-state index is 0.0547. The molecule has 0 aliphatic carbocycles. The number of rotatable bonds is 7. The van der Waals surface area contributed by atoms with Gasteiger partial charge in [-0.15, -0.1) is 0 Å². The van der Waals surface area contributed by atoms with Crippen molar-refractivity contribution in [2.75, 3.05) is 13.2 Å². The van der Waals surface area contributed by atoms with Crippen molar-refractivity contribution in [1.29, 1.82) is 0 Å². The van der Waals surface area contributed by atoms with Gasteiger partial charge in [0.25, 0.3) is 0 Å². The molecule has 3 nitrogen and oxygen atoms in total. The van der Waals surface area contributed by atoms with Crippen LogP contribution in [0.1, 0.15) is 56.2 Å². The molecule has 3 rings (SSSR count). The Hall–Kier alpha value is -1.84. The molecule has 1 aliphatic rings. The highest BCUT2D eigenvalue weighted by Crippen LogP contribution is 2.45. The maximum atomic E-state index is 9.96. The Balaban J connectivity index is 1.72. The van der Waals surface area contributed by atoms with E-state index in [0.717, 1.165) is 44.4 Å². The molecule has 2 N–H and O–H groups in total.